The van der Waals surface area contributed by atoms with E-state index in [4.69, 9.17) is 5.73 Å². The first-order chi connectivity index (χ1) is 19.3. The predicted molar refractivity (Wildman–Crippen MR) is 149 cm³/mol. The van der Waals surface area contributed by atoms with Crippen LogP contribution < -0.4 is 5.73 Å². The number of thioether (sulfide) groups is 1. The molecule has 1 amide bonds. The largest absolute Gasteiger partial charge is 0.507 e. The van der Waals surface area contributed by atoms with E-state index in [1.54, 1.807) is 32.8 Å². The number of nitrogens with zero attached hydrogens (tertiary/aromatic N) is 1. The summed E-state index contributed by atoms with van der Waals surface area (Å²) in [5.41, 5.74) is 5.01. The van der Waals surface area contributed by atoms with Crippen LogP contribution in [0.2, 0.25) is 0 Å². The van der Waals surface area contributed by atoms with Crippen molar-refractivity contribution in [1.82, 2.24) is 4.90 Å². The minimum absolute atomic E-state index is 0.0327. The molecule has 6 rings (SSSR count). The zero-order chi connectivity index (χ0) is 29.7. The number of hydrogen-bond donors (Lipinski definition) is 3. The number of phenolic OH excluding ortho intramolecular Hbond substituents is 1. The van der Waals surface area contributed by atoms with Crippen LogP contribution in [0.1, 0.15) is 52.1 Å². The summed E-state index contributed by atoms with van der Waals surface area (Å²) < 4.78 is 0. The summed E-state index contributed by atoms with van der Waals surface area (Å²) in [5.74, 6) is -11.5. The fraction of sp³-hybridized carbons (Fsp3) is 0.452. The van der Waals surface area contributed by atoms with Gasteiger partial charge in [0, 0.05) is 21.6 Å². The lowest BCUT2D eigenvalue weighted by Crippen LogP contribution is -2.76. The molecule has 2 saturated carbocycles. The highest BCUT2D eigenvalue weighted by Crippen LogP contribution is 2.58. The van der Waals surface area contributed by atoms with Crippen LogP contribution in [0.4, 0.5) is 0 Å². The van der Waals surface area contributed by atoms with E-state index >= 15 is 0 Å². The number of fused-ring (bicyclic) bond motifs is 4. The third-order valence-corrected chi connectivity index (χ3v) is 11.3. The SMILES string of the molecule is C[C@H]1[C@H]2C(C(=O)c3c(ccc(C4Cc5ccccc5S4)c3O)[C@@H]2C)C(=O)[C@]2(O)C(=O)C(C(N)=O)C(=O)[C@@H](N(C)C)[C@H]12. The summed E-state index contributed by atoms with van der Waals surface area (Å²) in [6, 6.07) is 10.5. The molecule has 9 nitrogen and oxygen atoms in total. The van der Waals surface area contributed by atoms with Crippen molar-refractivity contribution in [2.24, 2.45) is 35.3 Å². The maximum Gasteiger partial charge on any atom is 0.235 e. The van der Waals surface area contributed by atoms with Gasteiger partial charge >= 0.3 is 0 Å². The Balaban J connectivity index is 1.47. The third-order valence-electron chi connectivity index (χ3n) is 9.93. The molecule has 0 spiro atoms. The summed E-state index contributed by atoms with van der Waals surface area (Å²) in [6.07, 6.45) is 0.670. The van der Waals surface area contributed by atoms with Crippen LogP contribution in [0.3, 0.4) is 0 Å². The molecule has 1 heterocycles. The van der Waals surface area contributed by atoms with Crippen molar-refractivity contribution in [3.63, 3.8) is 0 Å². The number of Topliss-reactive ketones (excluding diaryl/α,β-unsaturated/α-hetero) is 4. The normalized spacial score (nSPS) is 36.0. The van der Waals surface area contributed by atoms with E-state index in [2.05, 4.69) is 0 Å². The van der Waals surface area contributed by atoms with Gasteiger partial charge in [-0.3, -0.25) is 28.9 Å². The number of carbonyl (C=O) groups excluding carboxylic acids is 5. The van der Waals surface area contributed by atoms with E-state index in [-0.39, 0.29) is 16.6 Å². The maximum atomic E-state index is 14.2. The van der Waals surface area contributed by atoms with Gasteiger partial charge in [-0.2, -0.15) is 0 Å². The Labute approximate surface area is 241 Å². The first kappa shape index (κ1) is 27.8. The highest BCUT2D eigenvalue weighted by atomic mass is 32.2. The molecule has 214 valence electrons. The van der Waals surface area contributed by atoms with Crippen molar-refractivity contribution >= 4 is 40.8 Å². The number of ketones is 4. The molecule has 0 radical (unpaired) electrons. The molecule has 10 heteroatoms. The van der Waals surface area contributed by atoms with Crippen LogP contribution in [-0.4, -0.2) is 69.9 Å². The molecule has 0 saturated heterocycles. The van der Waals surface area contributed by atoms with Gasteiger partial charge in [0.05, 0.1) is 17.5 Å². The number of phenols is 1. The number of likely N-dealkylation sites (N-methyl/N-ethyl adjacent to an activating group) is 1. The topological polar surface area (TPSA) is 155 Å². The van der Waals surface area contributed by atoms with Crippen molar-refractivity contribution in [3.8, 4) is 5.75 Å². The Morgan fingerprint density at radius 1 is 1.02 bits per heavy atom. The molecule has 1 aliphatic heterocycles. The van der Waals surface area contributed by atoms with Crippen LogP contribution in [-0.2, 0) is 25.6 Å². The van der Waals surface area contributed by atoms with Crippen molar-refractivity contribution in [1.29, 1.82) is 0 Å². The number of primary amides is 1. The molecule has 41 heavy (non-hydrogen) atoms. The lowest BCUT2D eigenvalue weighted by Gasteiger charge is -2.57. The van der Waals surface area contributed by atoms with Crippen LogP contribution >= 0.6 is 11.8 Å². The van der Waals surface area contributed by atoms with Gasteiger partial charge in [-0.25, -0.2) is 0 Å². The zero-order valence-corrected chi connectivity index (χ0v) is 24.0. The van der Waals surface area contributed by atoms with Gasteiger partial charge in [0.1, 0.15) is 5.75 Å². The predicted octanol–water partition coefficient (Wildman–Crippen LogP) is 2.06. The van der Waals surface area contributed by atoms with Crippen LogP contribution in [0, 0.1) is 29.6 Å². The molecule has 0 bridgehead atoms. The van der Waals surface area contributed by atoms with Gasteiger partial charge in [-0.05, 0) is 55.5 Å². The number of nitrogens with two attached hydrogens (primary N) is 1. The maximum absolute atomic E-state index is 14.2. The summed E-state index contributed by atoms with van der Waals surface area (Å²) in [7, 11) is 3.15. The van der Waals surface area contributed by atoms with Gasteiger partial charge in [0.2, 0.25) is 5.91 Å². The number of amides is 1. The molecular formula is C31H32N2O7S. The third kappa shape index (κ3) is 3.60. The lowest BCUT2D eigenvalue weighted by atomic mass is 9.47. The van der Waals surface area contributed by atoms with E-state index in [1.807, 2.05) is 43.3 Å². The van der Waals surface area contributed by atoms with Crippen molar-refractivity contribution in [3.05, 3.63) is 58.7 Å². The van der Waals surface area contributed by atoms with Crippen LogP contribution in [0.5, 0.6) is 5.75 Å². The van der Waals surface area contributed by atoms with Gasteiger partial charge in [-0.1, -0.05) is 44.2 Å². The van der Waals surface area contributed by atoms with Crippen molar-refractivity contribution in [2.45, 2.75) is 48.0 Å². The molecule has 3 unspecified atom stereocenters. The van der Waals surface area contributed by atoms with Crippen LogP contribution in [0.15, 0.2) is 41.3 Å². The van der Waals surface area contributed by atoms with Crippen molar-refractivity contribution in [2.75, 3.05) is 14.1 Å². The zero-order valence-electron chi connectivity index (χ0n) is 23.2. The summed E-state index contributed by atoms with van der Waals surface area (Å²) in [5, 5.41) is 23.3. The molecular weight excluding hydrogens is 544 g/mol. The quantitative estimate of drug-likeness (QED) is 0.466. The van der Waals surface area contributed by atoms with Gasteiger partial charge in [-0.15, -0.1) is 11.8 Å². The number of hydrogen-bond acceptors (Lipinski definition) is 9. The Hall–Kier alpha value is -3.34. The fourth-order valence-electron chi connectivity index (χ4n) is 8.12. The molecule has 2 fully saturated rings. The molecule has 4 aliphatic rings. The van der Waals surface area contributed by atoms with Gasteiger partial charge in [0.25, 0.3) is 0 Å². The van der Waals surface area contributed by atoms with E-state index in [1.165, 1.54) is 4.90 Å². The molecule has 0 aromatic heterocycles. The number of carbonyl (C=O) groups is 5. The van der Waals surface area contributed by atoms with E-state index in [0.29, 0.717) is 17.5 Å². The summed E-state index contributed by atoms with van der Waals surface area (Å²) in [4.78, 5) is 70.2. The first-order valence-corrected chi connectivity index (χ1v) is 14.6. The van der Waals surface area contributed by atoms with E-state index in [0.717, 1.165) is 10.5 Å². The molecule has 4 N–H and O–H groups in total. The fourth-order valence-corrected chi connectivity index (χ4v) is 9.47. The molecule has 2 aromatic carbocycles. The minimum Gasteiger partial charge on any atom is -0.507 e. The second kappa shape index (κ2) is 9.34. The van der Waals surface area contributed by atoms with Crippen molar-refractivity contribution < 1.29 is 34.2 Å². The molecule has 3 aliphatic carbocycles. The minimum atomic E-state index is -2.76. The average Bonchev–Trinajstić information content (AvgIpc) is 3.34. The van der Waals surface area contributed by atoms with Gasteiger partial charge in [0.15, 0.2) is 34.7 Å². The highest BCUT2D eigenvalue weighted by molar-refractivity contribution is 7.99. The Morgan fingerprint density at radius 2 is 1.68 bits per heavy atom. The standard InChI is InChI=1S/C31H32N2O7S/c1-12-15-9-10-16(18-11-14-7-5-6-8-17(14)41-18)25(34)20(15)26(35)21-19(12)13(2)23-24(33(3)4)27(36)22(30(32)39)29(38)31(23,40)28(21)37/h5-10,12-13,18-19,21-24,34,40H,11H2,1-4H3,(H2,32,39)/t12-,13-,18?,19-,21?,22?,23-,24-,31-/m0/s1. The van der Waals surface area contributed by atoms with E-state index < -0.39 is 76.2 Å². The number of aliphatic hydroxyl groups is 1. The summed E-state index contributed by atoms with van der Waals surface area (Å²) in [6.45, 7) is 3.59. The molecule has 2 aromatic rings. The monoisotopic (exact) mass is 576 g/mol. The Morgan fingerprint density at radius 3 is 2.32 bits per heavy atom. The lowest BCUT2D eigenvalue weighted by molar-refractivity contribution is -0.188. The first-order valence-electron chi connectivity index (χ1n) is 13.8. The number of rotatable bonds is 3. The number of aromatic hydroxyl groups is 1. The van der Waals surface area contributed by atoms with E-state index in [9.17, 15) is 34.2 Å². The Bertz CT molecular complexity index is 1530. The smallest absolute Gasteiger partial charge is 0.235 e. The second-order valence-corrected chi connectivity index (χ2v) is 13.4. The number of benzene rings is 2. The second-order valence-electron chi connectivity index (χ2n) is 12.1. The average molecular weight is 577 g/mol. The van der Waals surface area contributed by atoms with Gasteiger partial charge < -0.3 is 15.9 Å². The summed E-state index contributed by atoms with van der Waals surface area (Å²) >= 11 is 1.60. The highest BCUT2D eigenvalue weighted by Gasteiger charge is 2.72. The van der Waals surface area contributed by atoms with Crippen LogP contribution in [0.25, 0.3) is 0 Å². The Kier molecular flexibility index (Phi) is 6.33. The molecule has 9 atom stereocenters.